The van der Waals surface area contributed by atoms with Crippen molar-refractivity contribution in [3.63, 3.8) is 0 Å². The molecule has 21 heavy (non-hydrogen) atoms. The average Bonchev–Trinajstić information content (AvgIpc) is 3.05. The fourth-order valence-corrected chi connectivity index (χ4v) is 3.03. The maximum absolute atomic E-state index is 10.4. The normalized spacial score (nSPS) is 19.3. The van der Waals surface area contributed by atoms with Gasteiger partial charge in [-0.15, -0.1) is 0 Å². The van der Waals surface area contributed by atoms with Gasteiger partial charge in [0.05, 0.1) is 12.0 Å². The van der Waals surface area contributed by atoms with Crippen molar-refractivity contribution in [2.75, 3.05) is 0 Å². The van der Waals surface area contributed by atoms with E-state index in [9.17, 15) is 5.11 Å². The molecule has 112 valence electrons. The Hall–Kier alpha value is -1.68. The third-order valence-corrected chi connectivity index (χ3v) is 4.43. The van der Waals surface area contributed by atoms with Crippen molar-refractivity contribution < 1.29 is 9.63 Å². The van der Waals surface area contributed by atoms with Crippen LogP contribution in [0.15, 0.2) is 34.9 Å². The lowest BCUT2D eigenvalue weighted by Gasteiger charge is -2.18. The van der Waals surface area contributed by atoms with Crippen molar-refractivity contribution in [3.05, 3.63) is 47.6 Å². The number of aromatic nitrogens is 2. The molecule has 4 nitrogen and oxygen atoms in total. The second-order valence-electron chi connectivity index (χ2n) is 5.97. The Bertz CT molecular complexity index is 561. The van der Waals surface area contributed by atoms with E-state index in [1.165, 1.54) is 19.3 Å². The molecular formula is C17H22N2O2. The number of aliphatic hydroxyl groups is 1. The van der Waals surface area contributed by atoms with Crippen LogP contribution in [0, 0.1) is 0 Å². The van der Waals surface area contributed by atoms with Gasteiger partial charge in [-0.1, -0.05) is 61.7 Å². The highest BCUT2D eigenvalue weighted by molar-refractivity contribution is 5.20. The van der Waals surface area contributed by atoms with Crippen molar-refractivity contribution in [2.24, 2.45) is 0 Å². The maximum Gasteiger partial charge on any atom is 0.232 e. The standard InChI is InChI=1S/C17H22N2O2/c1-12(15(20)13-8-4-2-5-9-13)17-18-16(19-21-17)14-10-6-3-7-11-14/h2,4-5,8-9,12,14-15,20H,3,6-7,10-11H2,1H3. The smallest absolute Gasteiger partial charge is 0.232 e. The van der Waals surface area contributed by atoms with Gasteiger partial charge in [-0.05, 0) is 18.4 Å². The van der Waals surface area contributed by atoms with Gasteiger partial charge in [0.15, 0.2) is 5.82 Å². The van der Waals surface area contributed by atoms with Crippen LogP contribution in [0.2, 0.25) is 0 Å². The molecule has 2 aromatic rings. The molecule has 2 atom stereocenters. The molecule has 0 amide bonds. The molecule has 1 aliphatic carbocycles. The Morgan fingerprint density at radius 3 is 2.57 bits per heavy atom. The van der Waals surface area contributed by atoms with Crippen LogP contribution >= 0.6 is 0 Å². The lowest BCUT2D eigenvalue weighted by molar-refractivity contribution is 0.135. The third kappa shape index (κ3) is 3.16. The van der Waals surface area contributed by atoms with Crippen molar-refractivity contribution >= 4 is 0 Å². The minimum Gasteiger partial charge on any atom is -0.388 e. The van der Waals surface area contributed by atoms with E-state index in [2.05, 4.69) is 10.1 Å². The molecule has 0 saturated heterocycles. The van der Waals surface area contributed by atoms with Gasteiger partial charge in [0, 0.05) is 5.92 Å². The topological polar surface area (TPSA) is 59.2 Å². The zero-order valence-electron chi connectivity index (χ0n) is 12.4. The largest absolute Gasteiger partial charge is 0.388 e. The van der Waals surface area contributed by atoms with E-state index in [4.69, 9.17) is 4.52 Å². The Kier molecular flexibility index (Phi) is 4.34. The van der Waals surface area contributed by atoms with Crippen LogP contribution in [0.1, 0.15) is 74.2 Å². The molecule has 2 unspecified atom stereocenters. The summed E-state index contributed by atoms with van der Waals surface area (Å²) in [4.78, 5) is 4.54. The first-order valence-electron chi connectivity index (χ1n) is 7.82. The first kappa shape index (κ1) is 14.3. The molecule has 0 radical (unpaired) electrons. The second kappa shape index (κ2) is 6.39. The second-order valence-corrected chi connectivity index (χ2v) is 5.97. The summed E-state index contributed by atoms with van der Waals surface area (Å²) >= 11 is 0. The minimum absolute atomic E-state index is 0.197. The minimum atomic E-state index is -0.620. The van der Waals surface area contributed by atoms with Crippen molar-refractivity contribution in [3.8, 4) is 0 Å². The first-order chi connectivity index (χ1) is 10.3. The summed E-state index contributed by atoms with van der Waals surface area (Å²) in [6.45, 7) is 1.93. The van der Waals surface area contributed by atoms with E-state index in [0.29, 0.717) is 11.8 Å². The molecule has 0 aliphatic heterocycles. The molecule has 1 aliphatic rings. The Morgan fingerprint density at radius 2 is 1.86 bits per heavy atom. The van der Waals surface area contributed by atoms with Gasteiger partial charge in [0.1, 0.15) is 0 Å². The number of benzene rings is 1. The molecular weight excluding hydrogens is 264 g/mol. The summed E-state index contributed by atoms with van der Waals surface area (Å²) in [5, 5.41) is 14.6. The quantitative estimate of drug-likeness (QED) is 0.924. The van der Waals surface area contributed by atoms with Gasteiger partial charge < -0.3 is 9.63 Å². The molecule has 1 saturated carbocycles. The Labute approximate surface area is 125 Å². The molecule has 0 spiro atoms. The molecule has 3 rings (SSSR count). The van der Waals surface area contributed by atoms with Gasteiger partial charge in [0.25, 0.3) is 0 Å². The van der Waals surface area contributed by atoms with Crippen molar-refractivity contribution in [2.45, 2.75) is 57.0 Å². The van der Waals surface area contributed by atoms with Gasteiger partial charge in [0.2, 0.25) is 5.89 Å². The summed E-state index contributed by atoms with van der Waals surface area (Å²) in [6.07, 6.45) is 5.48. The van der Waals surface area contributed by atoms with Gasteiger partial charge in [-0.25, -0.2) is 0 Å². The summed E-state index contributed by atoms with van der Waals surface area (Å²) in [5.74, 6) is 1.58. The predicted octanol–water partition coefficient (Wildman–Crippen LogP) is 3.95. The van der Waals surface area contributed by atoms with Gasteiger partial charge in [-0.3, -0.25) is 0 Å². The highest BCUT2D eigenvalue weighted by atomic mass is 16.5. The monoisotopic (exact) mass is 286 g/mol. The van der Waals surface area contributed by atoms with Crippen LogP contribution in [0.5, 0.6) is 0 Å². The molecule has 1 aromatic carbocycles. The van der Waals surface area contributed by atoms with E-state index >= 15 is 0 Å². The summed E-state index contributed by atoms with van der Waals surface area (Å²) in [5.41, 5.74) is 0.877. The fourth-order valence-electron chi connectivity index (χ4n) is 3.03. The number of hydrogen-bond acceptors (Lipinski definition) is 4. The zero-order valence-corrected chi connectivity index (χ0v) is 12.4. The van der Waals surface area contributed by atoms with E-state index in [-0.39, 0.29) is 5.92 Å². The highest BCUT2D eigenvalue weighted by Crippen LogP contribution is 2.33. The predicted molar refractivity (Wildman–Crippen MR) is 79.9 cm³/mol. The van der Waals surface area contributed by atoms with Crippen LogP contribution in [0.4, 0.5) is 0 Å². The third-order valence-electron chi connectivity index (χ3n) is 4.43. The molecule has 1 heterocycles. The van der Waals surface area contributed by atoms with E-state index in [1.54, 1.807) is 0 Å². The highest BCUT2D eigenvalue weighted by Gasteiger charge is 2.26. The van der Waals surface area contributed by atoms with Crippen LogP contribution in [-0.4, -0.2) is 15.2 Å². The molecule has 1 aromatic heterocycles. The first-order valence-corrected chi connectivity index (χ1v) is 7.82. The molecule has 0 bridgehead atoms. The van der Waals surface area contributed by atoms with Crippen LogP contribution in [-0.2, 0) is 0 Å². The van der Waals surface area contributed by atoms with E-state index < -0.39 is 6.10 Å². The van der Waals surface area contributed by atoms with Crippen LogP contribution in [0.3, 0.4) is 0 Å². The van der Waals surface area contributed by atoms with Gasteiger partial charge >= 0.3 is 0 Å². The summed E-state index contributed by atoms with van der Waals surface area (Å²) < 4.78 is 5.40. The average molecular weight is 286 g/mol. The Balaban J connectivity index is 1.73. The van der Waals surface area contributed by atoms with Crippen LogP contribution < -0.4 is 0 Å². The lowest BCUT2D eigenvalue weighted by atomic mass is 9.89. The van der Waals surface area contributed by atoms with Crippen LogP contribution in [0.25, 0.3) is 0 Å². The molecule has 4 heteroatoms. The molecule has 1 fully saturated rings. The Morgan fingerprint density at radius 1 is 1.14 bits per heavy atom. The zero-order chi connectivity index (χ0) is 14.7. The number of nitrogens with zero attached hydrogens (tertiary/aromatic N) is 2. The maximum atomic E-state index is 10.4. The van der Waals surface area contributed by atoms with E-state index in [0.717, 1.165) is 24.2 Å². The van der Waals surface area contributed by atoms with Crippen molar-refractivity contribution in [1.82, 2.24) is 10.1 Å². The number of aliphatic hydroxyl groups excluding tert-OH is 1. The summed E-state index contributed by atoms with van der Waals surface area (Å²) in [6, 6.07) is 9.62. The fraction of sp³-hybridized carbons (Fsp3) is 0.529. The van der Waals surface area contributed by atoms with Crippen molar-refractivity contribution in [1.29, 1.82) is 0 Å². The number of rotatable bonds is 4. The summed E-state index contributed by atoms with van der Waals surface area (Å²) in [7, 11) is 0. The number of hydrogen-bond donors (Lipinski definition) is 1. The van der Waals surface area contributed by atoms with Gasteiger partial charge in [-0.2, -0.15) is 4.98 Å². The van der Waals surface area contributed by atoms with E-state index in [1.807, 2.05) is 37.3 Å². The molecule has 1 N–H and O–H groups in total. The SMILES string of the molecule is CC(c1nc(C2CCCCC2)no1)C(O)c1ccccc1. The lowest BCUT2D eigenvalue weighted by Crippen LogP contribution is -2.09.